The minimum Gasteiger partial charge on any atom is -0.485 e. The van der Waals surface area contributed by atoms with Gasteiger partial charge in [-0.25, -0.2) is 4.79 Å². The van der Waals surface area contributed by atoms with E-state index in [1.807, 2.05) is 31.2 Å². The number of amides is 1. The normalized spacial score (nSPS) is 19.5. The molecule has 2 aliphatic rings. The molecule has 1 fully saturated rings. The average Bonchev–Trinajstić information content (AvgIpc) is 3.08. The molecule has 1 amide bonds. The van der Waals surface area contributed by atoms with E-state index in [4.69, 9.17) is 30.8 Å². The lowest BCUT2D eigenvalue weighted by molar-refractivity contribution is -0.927. The van der Waals surface area contributed by atoms with E-state index < -0.39 is 6.10 Å². The van der Waals surface area contributed by atoms with Crippen LogP contribution in [0.2, 0.25) is 0 Å². The van der Waals surface area contributed by atoms with Crippen molar-refractivity contribution in [2.75, 3.05) is 39.4 Å². The molecule has 9 nitrogen and oxygen atoms in total. The molecule has 0 aliphatic carbocycles. The summed E-state index contributed by atoms with van der Waals surface area (Å²) in [5, 5.41) is 4.50. The van der Waals surface area contributed by atoms with Gasteiger partial charge >= 0.3 is 6.09 Å². The molecule has 0 radical (unpaired) electrons. The van der Waals surface area contributed by atoms with Crippen molar-refractivity contribution in [1.82, 2.24) is 14.7 Å². The molecule has 1 aromatic heterocycles. The number of fused-ring (bicyclic) bond motifs is 1. The first-order valence-electron chi connectivity index (χ1n) is 9.35. The molecule has 4 rings (SSSR count). The fourth-order valence-electron chi connectivity index (χ4n) is 3.28. The molecule has 28 heavy (non-hydrogen) atoms. The van der Waals surface area contributed by atoms with Gasteiger partial charge < -0.3 is 23.5 Å². The molecule has 0 saturated carbocycles. The number of benzene rings is 1. The maximum absolute atomic E-state index is 11.8. The average molecular weight is 407 g/mol. The number of nitrogens with zero attached hydrogens (tertiary/aromatic N) is 3. The Morgan fingerprint density at radius 1 is 1.32 bits per heavy atom. The van der Waals surface area contributed by atoms with Gasteiger partial charge in [0.1, 0.15) is 6.61 Å². The van der Waals surface area contributed by atoms with Crippen LogP contribution >= 0.6 is 12.2 Å². The Morgan fingerprint density at radius 3 is 2.82 bits per heavy atom. The van der Waals surface area contributed by atoms with Crippen molar-refractivity contribution < 1.29 is 28.3 Å². The highest BCUT2D eigenvalue weighted by Gasteiger charge is 2.29. The zero-order chi connectivity index (χ0) is 19.5. The van der Waals surface area contributed by atoms with Crippen LogP contribution in [0.1, 0.15) is 18.9 Å². The third-order valence-corrected chi connectivity index (χ3v) is 5.07. The maximum atomic E-state index is 11.8. The van der Waals surface area contributed by atoms with Crippen molar-refractivity contribution in [1.29, 1.82) is 0 Å². The second-order valence-electron chi connectivity index (χ2n) is 6.66. The number of ether oxygens (including phenoxy) is 3. The summed E-state index contributed by atoms with van der Waals surface area (Å²) in [5.41, 5.74) is 0. The Labute approximate surface area is 167 Å². The van der Waals surface area contributed by atoms with Gasteiger partial charge in [0.15, 0.2) is 18.2 Å². The topological polar surface area (TPSA) is 83.4 Å². The van der Waals surface area contributed by atoms with Gasteiger partial charge in [0.05, 0.1) is 32.8 Å². The highest BCUT2D eigenvalue weighted by Crippen LogP contribution is 2.35. The molecule has 0 spiro atoms. The molecular weight excluding hydrogens is 384 g/mol. The smallest absolute Gasteiger partial charge is 0.410 e. The van der Waals surface area contributed by atoms with Crippen molar-refractivity contribution in [3.8, 4) is 11.5 Å². The highest BCUT2D eigenvalue weighted by molar-refractivity contribution is 7.71. The Bertz CT molecular complexity index is 890. The van der Waals surface area contributed by atoms with Gasteiger partial charge in [0.2, 0.25) is 6.10 Å². The molecule has 1 saturated heterocycles. The molecule has 10 heteroatoms. The second-order valence-corrected chi connectivity index (χ2v) is 7.01. The van der Waals surface area contributed by atoms with Crippen molar-refractivity contribution in [3.63, 3.8) is 0 Å². The van der Waals surface area contributed by atoms with Crippen molar-refractivity contribution in [3.05, 3.63) is 35.0 Å². The Kier molecular flexibility index (Phi) is 5.49. The second kappa shape index (κ2) is 8.19. The van der Waals surface area contributed by atoms with E-state index in [1.54, 1.807) is 9.58 Å². The molecule has 2 aliphatic heterocycles. The van der Waals surface area contributed by atoms with Crippen LogP contribution in [0.25, 0.3) is 0 Å². The number of aromatic nitrogens is 2. The molecule has 1 atom stereocenters. The van der Waals surface area contributed by atoms with Crippen molar-refractivity contribution in [2.24, 2.45) is 0 Å². The summed E-state index contributed by atoms with van der Waals surface area (Å²) in [4.78, 5) is 15.1. The summed E-state index contributed by atoms with van der Waals surface area (Å²) < 4.78 is 24.0. The predicted octanol–water partition coefficient (Wildman–Crippen LogP) is 1.03. The molecule has 3 heterocycles. The third-order valence-electron chi connectivity index (χ3n) is 4.78. The SMILES string of the molecule is CCOC(=O)N1CC[NH+](Cn2nc([C@H]3COc4ccccc4O3)oc2=S)CC1. The summed E-state index contributed by atoms with van der Waals surface area (Å²) in [5.74, 6) is 1.78. The number of piperazine rings is 1. The van der Waals surface area contributed by atoms with Crippen LogP contribution in [-0.2, 0) is 11.4 Å². The summed E-state index contributed by atoms with van der Waals surface area (Å²) in [6.07, 6.45) is -0.690. The number of rotatable bonds is 4. The lowest BCUT2D eigenvalue weighted by atomic mass is 10.2. The Hall–Kier alpha value is -2.59. The van der Waals surface area contributed by atoms with E-state index in [2.05, 4.69) is 5.10 Å². The quantitative estimate of drug-likeness (QED) is 0.758. The van der Waals surface area contributed by atoms with E-state index in [0.717, 1.165) is 13.1 Å². The van der Waals surface area contributed by atoms with Gasteiger partial charge in [-0.1, -0.05) is 12.1 Å². The number of quaternary nitrogens is 1. The van der Waals surface area contributed by atoms with Crippen LogP contribution in [0, 0.1) is 4.84 Å². The lowest BCUT2D eigenvalue weighted by Gasteiger charge is -2.31. The summed E-state index contributed by atoms with van der Waals surface area (Å²) >= 11 is 5.33. The zero-order valence-electron chi connectivity index (χ0n) is 15.6. The Morgan fingerprint density at radius 2 is 2.07 bits per heavy atom. The monoisotopic (exact) mass is 407 g/mol. The first kappa shape index (κ1) is 18.8. The molecule has 0 bridgehead atoms. The van der Waals surface area contributed by atoms with Crippen molar-refractivity contribution >= 4 is 18.3 Å². The number of hydrogen-bond donors (Lipinski definition) is 1. The van der Waals surface area contributed by atoms with Crippen LogP contribution in [0.3, 0.4) is 0 Å². The molecule has 0 unspecified atom stereocenters. The first-order chi connectivity index (χ1) is 13.6. The van der Waals surface area contributed by atoms with E-state index in [9.17, 15) is 4.79 Å². The Balaban J connectivity index is 1.37. The van der Waals surface area contributed by atoms with E-state index in [1.165, 1.54) is 4.90 Å². The fraction of sp³-hybridized carbons (Fsp3) is 0.500. The summed E-state index contributed by atoms with van der Waals surface area (Å²) in [6, 6.07) is 7.49. The maximum Gasteiger partial charge on any atom is 0.410 e. The number of hydrogen-bond acceptors (Lipinski definition) is 7. The minimum absolute atomic E-state index is 0.253. The number of para-hydroxylation sites is 2. The third kappa shape index (κ3) is 3.97. The molecule has 2 aromatic rings. The van der Waals surface area contributed by atoms with Crippen LogP contribution < -0.4 is 14.4 Å². The molecule has 1 aromatic carbocycles. The standard InChI is InChI=1S/C18H22N4O5S/c1-2-24-17(23)21-9-7-20(8-10-21)12-22-18(28)27-16(19-22)15-11-25-13-5-3-4-6-14(13)26-15/h3-6,15H,2,7-12H2,1H3/p+1/t15-/m1/s1. The van der Waals surface area contributed by atoms with Crippen molar-refractivity contribution in [2.45, 2.75) is 19.7 Å². The van der Waals surface area contributed by atoms with Gasteiger partial charge in [0, 0.05) is 0 Å². The van der Waals surface area contributed by atoms with Crippen LogP contribution in [-0.4, -0.2) is 60.2 Å². The zero-order valence-corrected chi connectivity index (χ0v) is 16.4. The highest BCUT2D eigenvalue weighted by atomic mass is 32.1. The van der Waals surface area contributed by atoms with E-state index in [-0.39, 0.29) is 6.09 Å². The van der Waals surface area contributed by atoms with E-state index >= 15 is 0 Å². The number of carbonyl (C=O) groups excluding carboxylic acids is 1. The van der Waals surface area contributed by atoms with Gasteiger partial charge in [-0.2, -0.15) is 4.68 Å². The molecule has 1 N–H and O–H groups in total. The van der Waals surface area contributed by atoms with Gasteiger partial charge in [-0.15, -0.1) is 5.10 Å². The lowest BCUT2D eigenvalue weighted by Crippen LogP contribution is -3.14. The largest absolute Gasteiger partial charge is 0.485 e. The molecular formula is C18H23N4O5S+. The summed E-state index contributed by atoms with van der Waals surface area (Å²) in [7, 11) is 0. The number of carbonyl (C=O) groups is 1. The summed E-state index contributed by atoms with van der Waals surface area (Å²) in [6.45, 7) is 5.95. The van der Waals surface area contributed by atoms with Gasteiger partial charge in [-0.3, -0.25) is 4.90 Å². The van der Waals surface area contributed by atoms with Crippen LogP contribution in [0.4, 0.5) is 4.79 Å². The number of nitrogens with one attached hydrogen (secondary N) is 1. The van der Waals surface area contributed by atoms with Gasteiger partial charge in [-0.05, 0) is 31.3 Å². The fourth-order valence-corrected chi connectivity index (χ4v) is 3.47. The minimum atomic E-state index is -0.437. The van der Waals surface area contributed by atoms with Crippen LogP contribution in [0.5, 0.6) is 11.5 Å². The van der Waals surface area contributed by atoms with Gasteiger partial charge in [0.25, 0.3) is 10.7 Å². The molecule has 150 valence electrons. The van der Waals surface area contributed by atoms with E-state index in [0.29, 0.717) is 55.2 Å². The predicted molar refractivity (Wildman–Crippen MR) is 99.9 cm³/mol. The first-order valence-corrected chi connectivity index (χ1v) is 9.76. The van der Waals surface area contributed by atoms with Crippen LogP contribution in [0.15, 0.2) is 28.7 Å².